The number of aryl methyl sites for hydroxylation is 1. The summed E-state index contributed by atoms with van der Waals surface area (Å²) in [5.74, 6) is -0.125. The summed E-state index contributed by atoms with van der Waals surface area (Å²) in [6.45, 7) is 12.5. The third kappa shape index (κ3) is 10.4. The SMILES string of the molecule is C=Cc1c(Oc2ccc(F)c(-c3ccn(C(CCCC(C)(C)CSCC(=O)OCC)c4cccc(CCC(=O)OCC)c4)n3)c2)c(F)cc2[nH]ccc12. The molecule has 1 N–H and O–H groups in total. The summed E-state index contributed by atoms with van der Waals surface area (Å²) >= 11 is 1.58. The van der Waals surface area contributed by atoms with E-state index in [4.69, 9.17) is 19.3 Å². The van der Waals surface area contributed by atoms with Gasteiger partial charge in [0.05, 0.1) is 30.7 Å². The number of H-pyrrole nitrogens is 1. The predicted octanol–water partition coefficient (Wildman–Crippen LogP) is 10.3. The maximum Gasteiger partial charge on any atom is 0.315 e. The number of benzene rings is 3. The molecule has 1 atom stereocenters. The Balaban J connectivity index is 1.39. The first kappa shape index (κ1) is 39.3. The summed E-state index contributed by atoms with van der Waals surface area (Å²) in [6.07, 6.45) is 8.42. The summed E-state index contributed by atoms with van der Waals surface area (Å²) in [7, 11) is 0. The van der Waals surface area contributed by atoms with Gasteiger partial charge in [0.25, 0.3) is 0 Å². The van der Waals surface area contributed by atoms with E-state index in [2.05, 4.69) is 31.5 Å². The van der Waals surface area contributed by atoms with Crippen LogP contribution in [0.2, 0.25) is 0 Å². The minimum absolute atomic E-state index is 0.000284. The molecule has 5 aromatic rings. The van der Waals surface area contributed by atoms with Crippen LogP contribution in [0.15, 0.2) is 79.6 Å². The van der Waals surface area contributed by atoms with Crippen molar-refractivity contribution in [2.75, 3.05) is 24.7 Å². The van der Waals surface area contributed by atoms with Crippen LogP contribution in [-0.4, -0.2) is 51.4 Å². The molecule has 11 heteroatoms. The quantitative estimate of drug-likeness (QED) is 0.0842. The number of esters is 2. The molecule has 0 aliphatic carbocycles. The molecule has 0 bridgehead atoms. The molecule has 53 heavy (non-hydrogen) atoms. The van der Waals surface area contributed by atoms with Crippen molar-refractivity contribution in [3.05, 3.63) is 108 Å². The highest BCUT2D eigenvalue weighted by Gasteiger charge is 2.23. The zero-order valence-electron chi connectivity index (χ0n) is 30.8. The van der Waals surface area contributed by atoms with Gasteiger partial charge in [-0.15, -0.1) is 11.8 Å². The highest BCUT2D eigenvalue weighted by Crippen LogP contribution is 2.37. The molecule has 0 amide bonds. The van der Waals surface area contributed by atoms with Gasteiger partial charge < -0.3 is 19.2 Å². The molecule has 0 radical (unpaired) electrons. The minimum atomic E-state index is -0.571. The summed E-state index contributed by atoms with van der Waals surface area (Å²) in [6, 6.07) is 17.1. The van der Waals surface area contributed by atoms with Gasteiger partial charge in [0, 0.05) is 46.9 Å². The highest BCUT2D eigenvalue weighted by molar-refractivity contribution is 7.99. The average Bonchev–Trinajstić information content (AvgIpc) is 3.81. The Morgan fingerprint density at radius 2 is 1.81 bits per heavy atom. The number of aromatic amines is 1. The fraction of sp³-hybridized carbons (Fsp3) is 0.357. The second-order valence-electron chi connectivity index (χ2n) is 13.6. The molecule has 1 unspecified atom stereocenters. The van der Waals surface area contributed by atoms with Crippen molar-refractivity contribution in [2.24, 2.45) is 5.41 Å². The Kier molecular flexibility index (Phi) is 13.5. The topological polar surface area (TPSA) is 95.4 Å². The smallest absolute Gasteiger partial charge is 0.315 e. The van der Waals surface area contributed by atoms with Gasteiger partial charge in [0.15, 0.2) is 11.6 Å². The molecule has 0 saturated heterocycles. The Morgan fingerprint density at radius 1 is 1.02 bits per heavy atom. The van der Waals surface area contributed by atoms with Crippen LogP contribution >= 0.6 is 11.8 Å². The van der Waals surface area contributed by atoms with E-state index in [-0.39, 0.29) is 46.9 Å². The Labute approximate surface area is 313 Å². The van der Waals surface area contributed by atoms with E-state index in [1.807, 2.05) is 35.1 Å². The molecule has 3 aromatic carbocycles. The summed E-state index contributed by atoms with van der Waals surface area (Å²) in [5, 5.41) is 5.64. The number of halogens is 2. The number of hydrogen-bond acceptors (Lipinski definition) is 7. The van der Waals surface area contributed by atoms with Crippen molar-refractivity contribution in [3.8, 4) is 22.8 Å². The predicted molar refractivity (Wildman–Crippen MR) is 207 cm³/mol. The second kappa shape index (κ2) is 18.2. The van der Waals surface area contributed by atoms with E-state index in [0.717, 1.165) is 41.5 Å². The Morgan fingerprint density at radius 3 is 2.58 bits per heavy atom. The van der Waals surface area contributed by atoms with Gasteiger partial charge in [0.2, 0.25) is 0 Å². The monoisotopic (exact) mass is 743 g/mol. The van der Waals surface area contributed by atoms with Crippen molar-refractivity contribution in [2.45, 2.75) is 65.8 Å². The second-order valence-corrected chi connectivity index (χ2v) is 14.6. The Hall–Kier alpha value is -4.90. The number of rotatable bonds is 19. The number of hydrogen-bond donors (Lipinski definition) is 1. The molecule has 0 fully saturated rings. The molecule has 2 heterocycles. The number of thioether (sulfide) groups is 1. The van der Waals surface area contributed by atoms with Crippen molar-refractivity contribution >= 4 is 40.7 Å². The summed E-state index contributed by atoms with van der Waals surface area (Å²) in [5.41, 5.74) is 3.71. The van der Waals surface area contributed by atoms with Gasteiger partial charge in [-0.1, -0.05) is 57.2 Å². The van der Waals surface area contributed by atoms with Gasteiger partial charge in [-0.3, -0.25) is 14.3 Å². The fourth-order valence-corrected chi connectivity index (χ4v) is 7.42. The van der Waals surface area contributed by atoms with Gasteiger partial charge in [-0.25, -0.2) is 8.78 Å². The number of nitrogens with one attached hydrogen (secondary N) is 1. The zero-order valence-corrected chi connectivity index (χ0v) is 31.6. The van der Waals surface area contributed by atoms with Crippen molar-refractivity contribution in [1.29, 1.82) is 0 Å². The maximum atomic E-state index is 15.4. The van der Waals surface area contributed by atoms with E-state index >= 15 is 8.78 Å². The molecule has 5 rings (SSSR count). The number of ether oxygens (including phenoxy) is 3. The molecule has 280 valence electrons. The summed E-state index contributed by atoms with van der Waals surface area (Å²) < 4.78 is 48.7. The molecule has 0 aliphatic rings. The number of carbonyl (C=O) groups excluding carboxylic acids is 2. The molecule has 2 aromatic heterocycles. The molecular weight excluding hydrogens is 697 g/mol. The number of fused-ring (bicyclic) bond motifs is 1. The molecule has 8 nitrogen and oxygen atoms in total. The van der Waals surface area contributed by atoms with E-state index < -0.39 is 11.6 Å². The lowest BCUT2D eigenvalue weighted by Gasteiger charge is -2.26. The lowest BCUT2D eigenvalue weighted by Crippen LogP contribution is -2.18. The lowest BCUT2D eigenvalue weighted by atomic mass is 9.87. The van der Waals surface area contributed by atoms with E-state index in [1.165, 1.54) is 30.3 Å². The van der Waals surface area contributed by atoms with Gasteiger partial charge in [-0.05, 0) is 85.7 Å². The molecule has 0 spiro atoms. The summed E-state index contributed by atoms with van der Waals surface area (Å²) in [4.78, 5) is 27.0. The fourth-order valence-electron chi connectivity index (χ4n) is 6.37. The van der Waals surface area contributed by atoms with Crippen molar-refractivity contribution < 1.29 is 32.6 Å². The van der Waals surface area contributed by atoms with Crippen LogP contribution in [0.5, 0.6) is 11.5 Å². The van der Waals surface area contributed by atoms with Crippen LogP contribution in [0.25, 0.3) is 28.2 Å². The van der Waals surface area contributed by atoms with E-state index in [9.17, 15) is 9.59 Å². The van der Waals surface area contributed by atoms with Crippen LogP contribution < -0.4 is 4.74 Å². The highest BCUT2D eigenvalue weighted by atomic mass is 32.2. The van der Waals surface area contributed by atoms with Crippen LogP contribution in [-0.2, 0) is 25.5 Å². The van der Waals surface area contributed by atoms with Gasteiger partial charge in [-0.2, -0.15) is 5.10 Å². The van der Waals surface area contributed by atoms with E-state index in [0.29, 0.717) is 42.2 Å². The van der Waals surface area contributed by atoms with Crippen LogP contribution in [0.3, 0.4) is 0 Å². The number of aromatic nitrogens is 3. The average molecular weight is 744 g/mol. The zero-order chi connectivity index (χ0) is 38.0. The third-order valence-electron chi connectivity index (χ3n) is 8.98. The van der Waals surface area contributed by atoms with Crippen molar-refractivity contribution in [1.82, 2.24) is 14.8 Å². The largest absolute Gasteiger partial charge is 0.466 e. The first-order valence-electron chi connectivity index (χ1n) is 17.9. The molecule has 0 saturated carbocycles. The number of nitrogens with zero attached hydrogens (tertiary/aromatic N) is 2. The first-order valence-corrected chi connectivity index (χ1v) is 19.1. The maximum absolute atomic E-state index is 15.4. The molecular formula is C42H47F2N3O5S. The standard InChI is InChI=1S/C42H47F2N3O5S/c1-6-31-32-18-21-45-37(32)25-35(44)41(31)52-30-15-16-34(43)33(24-30)36-19-22-47(46-36)38(13-10-20-42(4,5)27-53-26-40(49)51-8-3)29-12-9-11-28(23-29)14-17-39(48)50-7-2/h6,9,11-12,15-16,18-19,21-25,38,45H,1,7-8,10,13-14,17,20,26-27H2,2-5H3. The van der Waals surface area contributed by atoms with Crippen LogP contribution in [0.1, 0.15) is 76.1 Å². The minimum Gasteiger partial charge on any atom is -0.466 e. The van der Waals surface area contributed by atoms with Crippen LogP contribution in [0.4, 0.5) is 8.78 Å². The molecule has 0 aliphatic heterocycles. The van der Waals surface area contributed by atoms with Crippen LogP contribution in [0, 0.1) is 17.0 Å². The first-order chi connectivity index (χ1) is 25.5. The number of carbonyl (C=O) groups is 2. The lowest BCUT2D eigenvalue weighted by molar-refractivity contribution is -0.143. The normalized spacial score (nSPS) is 12.1. The van der Waals surface area contributed by atoms with E-state index in [1.54, 1.807) is 37.9 Å². The van der Waals surface area contributed by atoms with Crippen molar-refractivity contribution in [3.63, 3.8) is 0 Å². The van der Waals surface area contributed by atoms with Gasteiger partial charge in [0.1, 0.15) is 11.6 Å². The Bertz CT molecular complexity index is 2040. The van der Waals surface area contributed by atoms with Gasteiger partial charge >= 0.3 is 11.9 Å². The third-order valence-corrected chi connectivity index (χ3v) is 10.4.